The van der Waals surface area contributed by atoms with Crippen LogP contribution in [-0.2, 0) is 14.3 Å². The standard InChI is InChI=1S/C11H18O3/c1-3-14-11(13)9-7-5-4-6-8-10(2)12/h5,7H,3-4,6,8-9H2,1-2H3. The number of carbonyl (C=O) groups excluding carboxylic acids is 2. The number of ketones is 1. The van der Waals surface area contributed by atoms with Crippen molar-refractivity contribution in [3.8, 4) is 0 Å². The van der Waals surface area contributed by atoms with Gasteiger partial charge in [0.05, 0.1) is 13.0 Å². The second-order valence-corrected chi connectivity index (χ2v) is 3.07. The zero-order valence-electron chi connectivity index (χ0n) is 8.91. The van der Waals surface area contributed by atoms with E-state index in [-0.39, 0.29) is 11.8 Å². The number of rotatable bonds is 7. The molecule has 0 fully saturated rings. The number of esters is 1. The Hall–Kier alpha value is -1.12. The van der Waals surface area contributed by atoms with Crippen LogP contribution >= 0.6 is 0 Å². The fraction of sp³-hybridized carbons (Fsp3) is 0.636. The topological polar surface area (TPSA) is 43.4 Å². The third-order valence-electron chi connectivity index (χ3n) is 1.66. The van der Waals surface area contributed by atoms with Gasteiger partial charge in [0.2, 0.25) is 0 Å². The summed E-state index contributed by atoms with van der Waals surface area (Å²) in [4.78, 5) is 21.4. The van der Waals surface area contributed by atoms with Crippen LogP contribution in [0.25, 0.3) is 0 Å². The van der Waals surface area contributed by atoms with Crippen LogP contribution in [0.2, 0.25) is 0 Å². The van der Waals surface area contributed by atoms with Gasteiger partial charge in [0.25, 0.3) is 0 Å². The van der Waals surface area contributed by atoms with E-state index >= 15 is 0 Å². The maximum Gasteiger partial charge on any atom is 0.309 e. The van der Waals surface area contributed by atoms with Gasteiger partial charge in [-0.1, -0.05) is 12.2 Å². The number of carbonyl (C=O) groups is 2. The third kappa shape index (κ3) is 8.97. The van der Waals surface area contributed by atoms with Crippen LogP contribution < -0.4 is 0 Å². The highest BCUT2D eigenvalue weighted by atomic mass is 16.5. The van der Waals surface area contributed by atoms with Crippen LogP contribution in [0, 0.1) is 0 Å². The molecule has 3 nitrogen and oxygen atoms in total. The monoisotopic (exact) mass is 198 g/mol. The van der Waals surface area contributed by atoms with Gasteiger partial charge in [-0.15, -0.1) is 0 Å². The van der Waals surface area contributed by atoms with Crippen LogP contribution in [0.1, 0.15) is 39.5 Å². The maximum atomic E-state index is 10.9. The van der Waals surface area contributed by atoms with E-state index in [1.165, 1.54) is 0 Å². The summed E-state index contributed by atoms with van der Waals surface area (Å²) in [7, 11) is 0. The predicted molar refractivity (Wildman–Crippen MR) is 54.9 cm³/mol. The summed E-state index contributed by atoms with van der Waals surface area (Å²) in [6.07, 6.45) is 6.35. The molecule has 14 heavy (non-hydrogen) atoms. The fourth-order valence-electron chi connectivity index (χ4n) is 0.986. The molecule has 0 saturated carbocycles. The zero-order chi connectivity index (χ0) is 10.8. The van der Waals surface area contributed by atoms with Gasteiger partial charge < -0.3 is 9.53 Å². The van der Waals surface area contributed by atoms with Gasteiger partial charge in [0.1, 0.15) is 5.78 Å². The summed E-state index contributed by atoms with van der Waals surface area (Å²) < 4.78 is 4.74. The average molecular weight is 198 g/mol. The molecule has 0 aromatic carbocycles. The van der Waals surface area contributed by atoms with Crippen molar-refractivity contribution in [1.82, 2.24) is 0 Å². The van der Waals surface area contributed by atoms with Crippen LogP contribution in [0.5, 0.6) is 0 Å². The molecular formula is C11H18O3. The van der Waals surface area contributed by atoms with Crippen LogP contribution in [0.4, 0.5) is 0 Å². The van der Waals surface area contributed by atoms with Gasteiger partial charge in [-0.3, -0.25) is 4.79 Å². The molecule has 0 aliphatic rings. The lowest BCUT2D eigenvalue weighted by molar-refractivity contribution is -0.142. The molecule has 0 atom stereocenters. The lowest BCUT2D eigenvalue weighted by Gasteiger charge is -1.96. The summed E-state index contributed by atoms with van der Waals surface area (Å²) in [6, 6.07) is 0. The van der Waals surface area contributed by atoms with E-state index in [0.717, 1.165) is 12.8 Å². The molecule has 0 spiro atoms. The fourth-order valence-corrected chi connectivity index (χ4v) is 0.986. The van der Waals surface area contributed by atoms with Crippen molar-refractivity contribution < 1.29 is 14.3 Å². The molecule has 0 amide bonds. The summed E-state index contributed by atoms with van der Waals surface area (Å²) in [5.74, 6) is 0.0131. The Morgan fingerprint density at radius 2 is 2.00 bits per heavy atom. The molecule has 0 heterocycles. The first-order valence-corrected chi connectivity index (χ1v) is 4.97. The molecule has 80 valence electrons. The number of hydrogen-bond acceptors (Lipinski definition) is 3. The van der Waals surface area contributed by atoms with Gasteiger partial charge in [0, 0.05) is 6.42 Å². The van der Waals surface area contributed by atoms with E-state index in [1.54, 1.807) is 19.9 Å². The number of Topliss-reactive ketones (excluding diaryl/α,β-unsaturated/α-hetero) is 1. The van der Waals surface area contributed by atoms with Crippen molar-refractivity contribution in [3.63, 3.8) is 0 Å². The smallest absolute Gasteiger partial charge is 0.309 e. The van der Waals surface area contributed by atoms with Gasteiger partial charge in [-0.2, -0.15) is 0 Å². The first kappa shape index (κ1) is 12.9. The van der Waals surface area contributed by atoms with Gasteiger partial charge in [0.15, 0.2) is 0 Å². The van der Waals surface area contributed by atoms with Gasteiger partial charge in [-0.05, 0) is 26.7 Å². The molecule has 0 aliphatic heterocycles. The normalized spacial score (nSPS) is 10.4. The molecule has 3 heteroatoms. The number of ether oxygens (including phenoxy) is 1. The third-order valence-corrected chi connectivity index (χ3v) is 1.66. The van der Waals surface area contributed by atoms with Crippen molar-refractivity contribution in [2.24, 2.45) is 0 Å². The van der Waals surface area contributed by atoms with Crippen LogP contribution in [0.3, 0.4) is 0 Å². The zero-order valence-corrected chi connectivity index (χ0v) is 8.91. The summed E-state index contributed by atoms with van der Waals surface area (Å²) in [6.45, 7) is 3.80. The maximum absolute atomic E-state index is 10.9. The highest BCUT2D eigenvalue weighted by Crippen LogP contribution is 1.98. The predicted octanol–water partition coefficient (Wildman–Crippen LogP) is 2.26. The first-order valence-electron chi connectivity index (χ1n) is 4.97. The molecule has 0 unspecified atom stereocenters. The van der Waals surface area contributed by atoms with E-state index in [4.69, 9.17) is 4.74 Å². The Labute approximate surface area is 85.1 Å². The Morgan fingerprint density at radius 3 is 2.57 bits per heavy atom. The molecule has 0 bridgehead atoms. The largest absolute Gasteiger partial charge is 0.466 e. The molecule has 0 aliphatic carbocycles. The number of allylic oxidation sites excluding steroid dienone is 1. The van der Waals surface area contributed by atoms with Crippen molar-refractivity contribution in [2.45, 2.75) is 39.5 Å². The Kier molecular flexibility index (Phi) is 7.80. The Morgan fingerprint density at radius 1 is 1.29 bits per heavy atom. The lowest BCUT2D eigenvalue weighted by atomic mass is 10.2. The second-order valence-electron chi connectivity index (χ2n) is 3.07. The van der Waals surface area contributed by atoms with E-state index in [1.807, 2.05) is 6.08 Å². The SMILES string of the molecule is CCOC(=O)CC=CCCCC(C)=O. The minimum absolute atomic E-state index is 0.199. The molecule has 0 radical (unpaired) electrons. The second kappa shape index (κ2) is 8.48. The molecule has 0 rings (SSSR count). The molecule has 0 saturated heterocycles. The van der Waals surface area contributed by atoms with Gasteiger partial charge in [-0.25, -0.2) is 0 Å². The van der Waals surface area contributed by atoms with Crippen LogP contribution in [0.15, 0.2) is 12.2 Å². The quantitative estimate of drug-likeness (QED) is 0.358. The minimum atomic E-state index is -0.199. The molecular weight excluding hydrogens is 180 g/mol. The number of unbranched alkanes of at least 4 members (excludes halogenated alkanes) is 1. The average Bonchev–Trinajstić information content (AvgIpc) is 2.11. The van der Waals surface area contributed by atoms with Crippen molar-refractivity contribution in [3.05, 3.63) is 12.2 Å². The number of hydrogen-bond donors (Lipinski definition) is 0. The van der Waals surface area contributed by atoms with Crippen LogP contribution in [-0.4, -0.2) is 18.4 Å². The van der Waals surface area contributed by atoms with Gasteiger partial charge >= 0.3 is 5.97 Å². The highest BCUT2D eigenvalue weighted by molar-refractivity contribution is 5.75. The van der Waals surface area contributed by atoms with E-state index < -0.39 is 0 Å². The van der Waals surface area contributed by atoms with Crippen molar-refractivity contribution >= 4 is 11.8 Å². The van der Waals surface area contributed by atoms with Crippen molar-refractivity contribution in [1.29, 1.82) is 0 Å². The van der Waals surface area contributed by atoms with E-state index in [0.29, 0.717) is 19.4 Å². The Bertz CT molecular complexity index is 207. The Balaban J connectivity index is 3.35. The lowest BCUT2D eigenvalue weighted by Crippen LogP contribution is -2.01. The van der Waals surface area contributed by atoms with E-state index in [9.17, 15) is 9.59 Å². The first-order chi connectivity index (χ1) is 6.66. The molecule has 0 N–H and O–H groups in total. The molecule has 0 aromatic heterocycles. The molecule has 0 aromatic rings. The summed E-state index contributed by atoms with van der Waals surface area (Å²) in [5.41, 5.74) is 0. The van der Waals surface area contributed by atoms with Crippen molar-refractivity contribution in [2.75, 3.05) is 6.61 Å². The summed E-state index contributed by atoms with van der Waals surface area (Å²) >= 11 is 0. The van der Waals surface area contributed by atoms with E-state index in [2.05, 4.69) is 0 Å². The highest BCUT2D eigenvalue weighted by Gasteiger charge is 1.95. The minimum Gasteiger partial charge on any atom is -0.466 e. The summed E-state index contributed by atoms with van der Waals surface area (Å²) in [5, 5.41) is 0.